The highest BCUT2D eigenvalue weighted by molar-refractivity contribution is 6.41. The SMILES string of the molecule is COc1ccc2c(c1)C(c1ccccc1)=C(c1ccc(C)cc1)C2=O. The van der Waals surface area contributed by atoms with Crippen LogP contribution in [0.5, 0.6) is 5.75 Å². The summed E-state index contributed by atoms with van der Waals surface area (Å²) in [6, 6.07) is 23.9. The average molecular weight is 326 g/mol. The number of carbonyl (C=O) groups is 1. The molecule has 3 aromatic carbocycles. The van der Waals surface area contributed by atoms with Crippen LogP contribution in [0.15, 0.2) is 72.8 Å². The van der Waals surface area contributed by atoms with E-state index in [1.807, 2.05) is 79.7 Å². The van der Waals surface area contributed by atoms with Crippen LogP contribution in [0.1, 0.15) is 32.6 Å². The first-order chi connectivity index (χ1) is 12.2. The maximum absolute atomic E-state index is 13.2. The summed E-state index contributed by atoms with van der Waals surface area (Å²) < 4.78 is 5.38. The van der Waals surface area contributed by atoms with Crippen LogP contribution in [0.2, 0.25) is 0 Å². The van der Waals surface area contributed by atoms with Gasteiger partial charge in [0.1, 0.15) is 5.75 Å². The molecule has 2 heteroatoms. The lowest BCUT2D eigenvalue weighted by molar-refractivity contribution is 0.105. The third-order valence-electron chi connectivity index (χ3n) is 4.62. The molecule has 2 nitrogen and oxygen atoms in total. The van der Waals surface area contributed by atoms with E-state index in [2.05, 4.69) is 0 Å². The summed E-state index contributed by atoms with van der Waals surface area (Å²) in [7, 11) is 1.64. The van der Waals surface area contributed by atoms with Crippen molar-refractivity contribution >= 4 is 16.9 Å². The monoisotopic (exact) mass is 326 g/mol. The molecule has 0 unspecified atom stereocenters. The summed E-state index contributed by atoms with van der Waals surface area (Å²) >= 11 is 0. The maximum Gasteiger partial charge on any atom is 0.194 e. The lowest BCUT2D eigenvalue weighted by Gasteiger charge is -2.10. The fourth-order valence-electron chi connectivity index (χ4n) is 3.34. The molecule has 1 aliphatic rings. The molecule has 3 aromatic rings. The Bertz CT molecular complexity index is 980. The summed E-state index contributed by atoms with van der Waals surface area (Å²) in [6.07, 6.45) is 0. The second kappa shape index (κ2) is 6.06. The molecule has 0 bridgehead atoms. The number of hydrogen-bond acceptors (Lipinski definition) is 2. The van der Waals surface area contributed by atoms with E-state index in [9.17, 15) is 4.79 Å². The number of rotatable bonds is 3. The number of ketones is 1. The van der Waals surface area contributed by atoms with Gasteiger partial charge in [0.2, 0.25) is 0 Å². The molecule has 0 spiro atoms. The molecule has 0 saturated carbocycles. The van der Waals surface area contributed by atoms with Crippen molar-refractivity contribution in [1.29, 1.82) is 0 Å². The molecule has 0 atom stereocenters. The molecule has 0 N–H and O–H groups in total. The van der Waals surface area contributed by atoms with Gasteiger partial charge in [-0.3, -0.25) is 4.79 Å². The lowest BCUT2D eigenvalue weighted by atomic mass is 9.94. The fraction of sp³-hybridized carbons (Fsp3) is 0.0870. The van der Waals surface area contributed by atoms with Gasteiger partial charge in [-0.15, -0.1) is 0 Å². The second-order valence-corrected chi connectivity index (χ2v) is 6.22. The number of carbonyl (C=O) groups excluding carboxylic acids is 1. The Morgan fingerprint density at radius 2 is 1.40 bits per heavy atom. The van der Waals surface area contributed by atoms with Crippen LogP contribution in [-0.4, -0.2) is 12.9 Å². The van der Waals surface area contributed by atoms with Gasteiger partial charge in [-0.2, -0.15) is 0 Å². The number of aryl methyl sites for hydroxylation is 1. The minimum atomic E-state index is 0.0698. The Labute approximate surface area is 147 Å². The van der Waals surface area contributed by atoms with Crippen LogP contribution in [0.3, 0.4) is 0 Å². The third-order valence-corrected chi connectivity index (χ3v) is 4.62. The number of methoxy groups -OCH3 is 1. The summed E-state index contributed by atoms with van der Waals surface area (Å²) in [5.41, 5.74) is 6.57. The summed E-state index contributed by atoms with van der Waals surface area (Å²) in [5, 5.41) is 0. The molecule has 1 aliphatic carbocycles. The molecule has 0 saturated heterocycles. The zero-order chi connectivity index (χ0) is 17.4. The first kappa shape index (κ1) is 15.4. The van der Waals surface area contributed by atoms with E-state index in [1.54, 1.807) is 7.11 Å². The normalized spacial score (nSPS) is 13.1. The van der Waals surface area contributed by atoms with Gasteiger partial charge in [0, 0.05) is 16.7 Å². The van der Waals surface area contributed by atoms with Gasteiger partial charge in [-0.05, 0) is 41.8 Å². The molecular formula is C23H18O2. The molecule has 4 rings (SSSR count). The first-order valence-corrected chi connectivity index (χ1v) is 8.29. The van der Waals surface area contributed by atoms with Crippen LogP contribution >= 0.6 is 0 Å². The lowest BCUT2D eigenvalue weighted by Crippen LogP contribution is -1.98. The standard InChI is InChI=1S/C23H18O2/c1-15-8-10-17(11-9-15)22-21(16-6-4-3-5-7-16)20-14-18(25-2)12-13-19(20)23(22)24/h3-14H,1-2H3. The smallest absolute Gasteiger partial charge is 0.194 e. The van der Waals surface area contributed by atoms with Crippen LogP contribution in [-0.2, 0) is 0 Å². The fourth-order valence-corrected chi connectivity index (χ4v) is 3.34. The number of benzene rings is 3. The van der Waals surface area contributed by atoms with Crippen LogP contribution < -0.4 is 4.74 Å². The van der Waals surface area contributed by atoms with Crippen molar-refractivity contribution < 1.29 is 9.53 Å². The molecule has 122 valence electrons. The Morgan fingerprint density at radius 1 is 0.720 bits per heavy atom. The number of hydrogen-bond donors (Lipinski definition) is 0. The second-order valence-electron chi connectivity index (χ2n) is 6.22. The first-order valence-electron chi connectivity index (χ1n) is 8.29. The van der Waals surface area contributed by atoms with Crippen LogP contribution in [0.4, 0.5) is 0 Å². The van der Waals surface area contributed by atoms with E-state index in [0.717, 1.165) is 39.1 Å². The Hall–Kier alpha value is -3.13. The van der Waals surface area contributed by atoms with E-state index < -0.39 is 0 Å². The molecule has 0 aliphatic heterocycles. The topological polar surface area (TPSA) is 26.3 Å². The molecule has 0 aromatic heterocycles. The van der Waals surface area contributed by atoms with Gasteiger partial charge < -0.3 is 4.74 Å². The van der Waals surface area contributed by atoms with E-state index in [0.29, 0.717) is 0 Å². The molecule has 0 heterocycles. The molecule has 0 radical (unpaired) electrons. The van der Waals surface area contributed by atoms with Gasteiger partial charge in [-0.1, -0.05) is 60.2 Å². The Morgan fingerprint density at radius 3 is 2.08 bits per heavy atom. The molecule has 0 fully saturated rings. The van der Waals surface area contributed by atoms with Crippen molar-refractivity contribution in [3.63, 3.8) is 0 Å². The van der Waals surface area contributed by atoms with Gasteiger partial charge >= 0.3 is 0 Å². The van der Waals surface area contributed by atoms with Crippen LogP contribution in [0, 0.1) is 6.92 Å². The van der Waals surface area contributed by atoms with Gasteiger partial charge in [-0.25, -0.2) is 0 Å². The van der Waals surface area contributed by atoms with Gasteiger partial charge in [0.25, 0.3) is 0 Å². The van der Waals surface area contributed by atoms with Gasteiger partial charge in [0.05, 0.1) is 7.11 Å². The zero-order valence-corrected chi connectivity index (χ0v) is 14.2. The predicted molar refractivity (Wildman–Crippen MR) is 101 cm³/mol. The highest BCUT2D eigenvalue weighted by Crippen LogP contribution is 2.43. The van der Waals surface area contributed by atoms with E-state index in [1.165, 1.54) is 5.56 Å². The quantitative estimate of drug-likeness (QED) is 0.664. The number of ether oxygens (including phenoxy) is 1. The highest BCUT2D eigenvalue weighted by Gasteiger charge is 2.31. The molecular weight excluding hydrogens is 308 g/mol. The predicted octanol–water partition coefficient (Wildman–Crippen LogP) is 5.16. The molecule has 0 amide bonds. The Balaban J connectivity index is 2.02. The van der Waals surface area contributed by atoms with E-state index in [-0.39, 0.29) is 5.78 Å². The summed E-state index contributed by atoms with van der Waals surface area (Å²) in [5.74, 6) is 0.825. The minimum absolute atomic E-state index is 0.0698. The number of Topliss-reactive ketones (excluding diaryl/α,β-unsaturated/α-hetero) is 1. The molecule has 25 heavy (non-hydrogen) atoms. The van der Waals surface area contributed by atoms with Crippen molar-refractivity contribution in [2.45, 2.75) is 6.92 Å². The zero-order valence-electron chi connectivity index (χ0n) is 14.2. The van der Waals surface area contributed by atoms with E-state index >= 15 is 0 Å². The van der Waals surface area contributed by atoms with E-state index in [4.69, 9.17) is 4.74 Å². The van der Waals surface area contributed by atoms with Gasteiger partial charge in [0.15, 0.2) is 5.78 Å². The number of allylic oxidation sites excluding steroid dienone is 1. The van der Waals surface area contributed by atoms with Crippen LogP contribution in [0.25, 0.3) is 11.1 Å². The van der Waals surface area contributed by atoms with Crippen molar-refractivity contribution in [3.05, 3.63) is 101 Å². The summed E-state index contributed by atoms with van der Waals surface area (Å²) in [4.78, 5) is 13.2. The maximum atomic E-state index is 13.2. The Kier molecular flexibility index (Phi) is 3.73. The average Bonchev–Trinajstić information content (AvgIpc) is 2.95. The largest absolute Gasteiger partial charge is 0.497 e. The van der Waals surface area contributed by atoms with Crippen molar-refractivity contribution in [2.24, 2.45) is 0 Å². The highest BCUT2D eigenvalue weighted by atomic mass is 16.5. The van der Waals surface area contributed by atoms with Crippen molar-refractivity contribution in [2.75, 3.05) is 7.11 Å². The van der Waals surface area contributed by atoms with Crippen molar-refractivity contribution in [3.8, 4) is 5.75 Å². The number of fused-ring (bicyclic) bond motifs is 1. The summed E-state index contributed by atoms with van der Waals surface area (Å²) in [6.45, 7) is 2.05. The van der Waals surface area contributed by atoms with Crippen molar-refractivity contribution in [1.82, 2.24) is 0 Å². The third kappa shape index (κ3) is 2.56. The minimum Gasteiger partial charge on any atom is -0.497 e.